The Morgan fingerprint density at radius 2 is 2.00 bits per heavy atom. The number of ketones is 1. The molecule has 0 bridgehead atoms. The third-order valence-electron chi connectivity index (χ3n) is 1.75. The van der Waals surface area contributed by atoms with Crippen molar-refractivity contribution < 1.29 is 19.1 Å². The lowest BCUT2D eigenvalue weighted by Gasteiger charge is -2.05. The van der Waals surface area contributed by atoms with E-state index in [1.54, 1.807) is 6.92 Å². The van der Waals surface area contributed by atoms with Crippen LogP contribution in [0.1, 0.15) is 26.7 Å². The van der Waals surface area contributed by atoms with Gasteiger partial charge in [-0.3, -0.25) is 14.4 Å². The molecule has 0 saturated carbocycles. The summed E-state index contributed by atoms with van der Waals surface area (Å²) in [6.45, 7) is 3.89. The van der Waals surface area contributed by atoms with E-state index < -0.39 is 16.9 Å². The molecule has 1 amide bonds. The van der Waals surface area contributed by atoms with Gasteiger partial charge in [0, 0.05) is 13.0 Å². The summed E-state index contributed by atoms with van der Waals surface area (Å²) in [6, 6.07) is 0. The average Bonchev–Trinajstić information content (AvgIpc) is 2.23. The van der Waals surface area contributed by atoms with Gasteiger partial charge in [0.05, 0.1) is 11.9 Å². The van der Waals surface area contributed by atoms with Crippen LogP contribution < -0.4 is 5.32 Å². The molecule has 16 heavy (non-hydrogen) atoms. The van der Waals surface area contributed by atoms with Gasteiger partial charge in [0.1, 0.15) is 0 Å². The second-order valence-corrected chi connectivity index (χ2v) is 3.98. The average molecular weight is 247 g/mol. The summed E-state index contributed by atoms with van der Waals surface area (Å²) in [4.78, 5) is 33.1. The fraction of sp³-hybridized carbons (Fsp3) is 0.700. The van der Waals surface area contributed by atoms with Crippen molar-refractivity contribution >= 4 is 30.3 Å². The van der Waals surface area contributed by atoms with Gasteiger partial charge < -0.3 is 10.1 Å². The van der Waals surface area contributed by atoms with Crippen LogP contribution in [0.15, 0.2) is 0 Å². The van der Waals surface area contributed by atoms with Crippen LogP contribution >= 0.6 is 12.6 Å². The van der Waals surface area contributed by atoms with Gasteiger partial charge in [0.15, 0.2) is 0 Å². The van der Waals surface area contributed by atoms with Crippen LogP contribution in [0.25, 0.3) is 0 Å². The number of carbonyl (C=O) groups excluding carboxylic acids is 3. The van der Waals surface area contributed by atoms with E-state index in [4.69, 9.17) is 4.74 Å². The van der Waals surface area contributed by atoms with Crippen LogP contribution in [0.3, 0.4) is 0 Å². The molecule has 0 rings (SSSR count). The van der Waals surface area contributed by atoms with Gasteiger partial charge in [-0.25, -0.2) is 0 Å². The zero-order chi connectivity index (χ0) is 12.6. The van der Waals surface area contributed by atoms with Crippen molar-refractivity contribution in [1.29, 1.82) is 0 Å². The molecule has 1 N–H and O–H groups in total. The first kappa shape index (κ1) is 15.0. The number of nitrogens with one attached hydrogen (secondary N) is 1. The zero-order valence-electron chi connectivity index (χ0n) is 9.49. The van der Waals surface area contributed by atoms with Gasteiger partial charge in [-0.2, -0.15) is 12.6 Å². The van der Waals surface area contributed by atoms with E-state index in [0.717, 1.165) is 0 Å². The Kier molecular flexibility index (Phi) is 7.62. The summed E-state index contributed by atoms with van der Waals surface area (Å²) in [6.07, 6.45) is 0.692. The molecule has 0 aliphatic carbocycles. The van der Waals surface area contributed by atoms with Gasteiger partial charge in [-0.15, -0.1) is 0 Å². The van der Waals surface area contributed by atoms with Crippen molar-refractivity contribution in [2.24, 2.45) is 0 Å². The van der Waals surface area contributed by atoms with E-state index in [1.165, 1.54) is 6.92 Å². The minimum atomic E-state index is -0.661. The van der Waals surface area contributed by atoms with Crippen molar-refractivity contribution in [3.63, 3.8) is 0 Å². The van der Waals surface area contributed by atoms with Crippen LogP contribution in [-0.2, 0) is 19.1 Å². The lowest BCUT2D eigenvalue weighted by Crippen LogP contribution is -2.35. The first-order valence-corrected chi connectivity index (χ1v) is 5.66. The molecule has 0 heterocycles. The highest BCUT2D eigenvalue weighted by atomic mass is 32.1. The number of esters is 1. The highest BCUT2D eigenvalue weighted by Gasteiger charge is 2.17. The van der Waals surface area contributed by atoms with Crippen molar-refractivity contribution in [3.05, 3.63) is 0 Å². The molecule has 92 valence electrons. The van der Waals surface area contributed by atoms with Crippen molar-refractivity contribution in [2.75, 3.05) is 13.2 Å². The monoisotopic (exact) mass is 247 g/mol. The largest absolute Gasteiger partial charge is 0.466 e. The Balaban J connectivity index is 3.63. The van der Waals surface area contributed by atoms with Crippen molar-refractivity contribution in [2.45, 2.75) is 31.9 Å². The molecule has 0 saturated heterocycles. The van der Waals surface area contributed by atoms with Crippen LogP contribution in [0, 0.1) is 0 Å². The lowest BCUT2D eigenvalue weighted by atomic mass is 10.2. The standard InChI is InChI=1S/C10H17NO4S/c1-3-15-8(12)5-4-6-11-10(14)9(13)7(2)16/h7,16H,3-6H2,1-2H3,(H,11,14). The van der Waals surface area contributed by atoms with Gasteiger partial charge in [-0.05, 0) is 20.3 Å². The third-order valence-corrected chi connectivity index (χ3v) is 1.99. The molecule has 0 aromatic rings. The summed E-state index contributed by atoms with van der Waals surface area (Å²) in [5.74, 6) is -1.53. The molecule has 0 aliphatic rings. The van der Waals surface area contributed by atoms with E-state index in [-0.39, 0.29) is 18.9 Å². The highest BCUT2D eigenvalue weighted by molar-refractivity contribution is 7.82. The molecule has 6 heteroatoms. The maximum absolute atomic E-state index is 11.1. The van der Waals surface area contributed by atoms with Gasteiger partial charge in [0.25, 0.3) is 5.91 Å². The number of rotatable bonds is 7. The molecule has 5 nitrogen and oxygen atoms in total. The van der Waals surface area contributed by atoms with Crippen LogP contribution in [0.4, 0.5) is 0 Å². The summed E-state index contributed by atoms with van der Waals surface area (Å²) in [5, 5.41) is 1.81. The minimum Gasteiger partial charge on any atom is -0.466 e. The number of Topliss-reactive ketones (excluding diaryl/α,β-unsaturated/α-hetero) is 1. The summed E-state index contributed by atoms with van der Waals surface area (Å²) in [5.41, 5.74) is 0. The second-order valence-electron chi connectivity index (χ2n) is 3.20. The molecule has 0 aromatic carbocycles. The first-order chi connectivity index (χ1) is 7.49. The normalized spacial score (nSPS) is 11.7. The van der Waals surface area contributed by atoms with E-state index in [0.29, 0.717) is 13.0 Å². The predicted molar refractivity (Wildman–Crippen MR) is 62.3 cm³/mol. The first-order valence-electron chi connectivity index (χ1n) is 5.14. The quantitative estimate of drug-likeness (QED) is 0.294. The number of amides is 1. The van der Waals surface area contributed by atoms with Crippen LogP contribution in [0.5, 0.6) is 0 Å². The van der Waals surface area contributed by atoms with Crippen molar-refractivity contribution in [1.82, 2.24) is 5.32 Å². The zero-order valence-corrected chi connectivity index (χ0v) is 10.4. The Morgan fingerprint density at radius 1 is 1.38 bits per heavy atom. The molecule has 0 aliphatic heterocycles. The van der Waals surface area contributed by atoms with E-state index >= 15 is 0 Å². The maximum atomic E-state index is 11.1. The fourth-order valence-corrected chi connectivity index (χ4v) is 1.06. The molecule has 1 atom stereocenters. The van der Waals surface area contributed by atoms with Gasteiger partial charge in [0.2, 0.25) is 5.78 Å². The number of hydrogen-bond donors (Lipinski definition) is 2. The Bertz CT molecular complexity index is 266. The van der Waals surface area contributed by atoms with Crippen LogP contribution in [-0.4, -0.2) is 36.1 Å². The molecule has 0 spiro atoms. The highest BCUT2D eigenvalue weighted by Crippen LogP contribution is 1.95. The van der Waals surface area contributed by atoms with E-state index in [2.05, 4.69) is 17.9 Å². The van der Waals surface area contributed by atoms with Crippen molar-refractivity contribution in [3.8, 4) is 0 Å². The summed E-state index contributed by atoms with van der Waals surface area (Å²) in [7, 11) is 0. The smallest absolute Gasteiger partial charge is 0.305 e. The minimum absolute atomic E-state index is 0.235. The molecular formula is C10H17NO4S. The predicted octanol–water partition coefficient (Wildman–Crippen LogP) is 0.333. The molecular weight excluding hydrogens is 230 g/mol. The second kappa shape index (κ2) is 8.15. The number of ether oxygens (including phenoxy) is 1. The number of hydrogen-bond acceptors (Lipinski definition) is 5. The topological polar surface area (TPSA) is 72.5 Å². The third kappa shape index (κ3) is 6.44. The molecule has 0 radical (unpaired) electrons. The van der Waals surface area contributed by atoms with E-state index in [1.807, 2.05) is 0 Å². The molecule has 1 unspecified atom stereocenters. The lowest BCUT2D eigenvalue weighted by molar-refractivity contribution is -0.143. The van der Waals surface area contributed by atoms with Gasteiger partial charge in [-0.1, -0.05) is 0 Å². The summed E-state index contributed by atoms with van der Waals surface area (Å²) >= 11 is 3.85. The van der Waals surface area contributed by atoms with E-state index in [9.17, 15) is 14.4 Å². The Morgan fingerprint density at radius 3 is 2.50 bits per heavy atom. The number of thiol groups is 1. The van der Waals surface area contributed by atoms with Crippen LogP contribution in [0.2, 0.25) is 0 Å². The molecule has 0 aromatic heterocycles. The number of carbonyl (C=O) groups is 3. The Labute approximate surface area is 100 Å². The SMILES string of the molecule is CCOC(=O)CCCNC(=O)C(=O)C(C)S. The fourth-order valence-electron chi connectivity index (χ4n) is 0.945. The maximum Gasteiger partial charge on any atom is 0.305 e. The molecule has 0 fully saturated rings. The van der Waals surface area contributed by atoms with Gasteiger partial charge >= 0.3 is 5.97 Å². The summed E-state index contributed by atoms with van der Waals surface area (Å²) < 4.78 is 4.70. The Hall–Kier alpha value is -1.04.